The number of fused-ring (bicyclic) bond motifs is 1. The van der Waals surface area contributed by atoms with Crippen LogP contribution in [0.3, 0.4) is 0 Å². The third-order valence-electron chi connectivity index (χ3n) is 6.44. The van der Waals surface area contributed by atoms with E-state index >= 15 is 0 Å². The molecule has 0 amide bonds. The summed E-state index contributed by atoms with van der Waals surface area (Å²) in [6, 6.07) is 13.0. The van der Waals surface area contributed by atoms with Crippen LogP contribution in [-0.2, 0) is 12.0 Å². The van der Waals surface area contributed by atoms with Gasteiger partial charge in [0.2, 0.25) is 0 Å². The van der Waals surface area contributed by atoms with Crippen LogP contribution in [0.25, 0.3) is 11.4 Å². The summed E-state index contributed by atoms with van der Waals surface area (Å²) >= 11 is 5.37. The first-order chi connectivity index (χ1) is 14.7. The quantitative estimate of drug-likeness (QED) is 0.337. The number of benzene rings is 1. The first kappa shape index (κ1) is 20.2. The average Bonchev–Trinajstić information content (AvgIpc) is 3.14. The lowest BCUT2D eigenvalue weighted by molar-refractivity contribution is 0.299. The molecule has 1 unspecified atom stereocenters. The second-order valence-corrected chi connectivity index (χ2v) is 10.3. The fraction of sp³-hybridized carbons (Fsp3) is 0.435. The monoisotopic (exact) mass is 483 g/mol. The molecule has 0 spiro atoms. The molecular weight excluding hydrogens is 458 g/mol. The van der Waals surface area contributed by atoms with E-state index in [1.807, 2.05) is 30.1 Å². The van der Waals surface area contributed by atoms with E-state index in [1.54, 1.807) is 6.20 Å². The molecule has 1 aliphatic heterocycles. The zero-order valence-electron chi connectivity index (χ0n) is 17.2. The largest absolute Gasteiger partial charge is 0.302 e. The van der Waals surface area contributed by atoms with E-state index in [1.165, 1.54) is 36.0 Å². The lowest BCUT2D eigenvalue weighted by Crippen LogP contribution is -2.27. The van der Waals surface area contributed by atoms with Gasteiger partial charge in [-0.3, -0.25) is 4.98 Å². The van der Waals surface area contributed by atoms with Crippen LogP contribution >= 0.6 is 27.7 Å². The fourth-order valence-corrected chi connectivity index (χ4v) is 6.02. The highest BCUT2D eigenvalue weighted by molar-refractivity contribution is 9.10. The molecule has 2 atom stereocenters. The van der Waals surface area contributed by atoms with Crippen molar-refractivity contribution < 1.29 is 0 Å². The lowest BCUT2D eigenvalue weighted by Gasteiger charge is -2.21. The van der Waals surface area contributed by atoms with E-state index in [4.69, 9.17) is 0 Å². The molecule has 0 N–H and O–H groups in total. The Morgan fingerprint density at radius 2 is 2.07 bits per heavy atom. The molecule has 3 heterocycles. The third-order valence-corrected chi connectivity index (χ3v) is 8.02. The van der Waals surface area contributed by atoms with Gasteiger partial charge < -0.3 is 9.47 Å². The van der Waals surface area contributed by atoms with Crippen LogP contribution < -0.4 is 0 Å². The molecular formula is C23H26BrN5S. The Morgan fingerprint density at radius 3 is 2.83 bits per heavy atom. The first-order valence-electron chi connectivity index (χ1n) is 10.6. The van der Waals surface area contributed by atoms with E-state index < -0.39 is 0 Å². The molecule has 1 aromatic carbocycles. The number of likely N-dealkylation sites (tertiary alicyclic amines) is 1. The van der Waals surface area contributed by atoms with Crippen molar-refractivity contribution in [3.63, 3.8) is 0 Å². The molecule has 156 valence electrons. The van der Waals surface area contributed by atoms with E-state index in [-0.39, 0.29) is 0 Å². The van der Waals surface area contributed by atoms with Gasteiger partial charge in [0, 0.05) is 53.2 Å². The van der Waals surface area contributed by atoms with E-state index in [2.05, 4.69) is 71.8 Å². The van der Waals surface area contributed by atoms with Crippen LogP contribution in [0.5, 0.6) is 0 Å². The minimum atomic E-state index is 0.425. The predicted molar refractivity (Wildman–Crippen MR) is 125 cm³/mol. The molecule has 3 aromatic rings. The van der Waals surface area contributed by atoms with Crippen LogP contribution in [0, 0.1) is 5.92 Å². The highest BCUT2D eigenvalue weighted by atomic mass is 79.9. The normalized spacial score (nSPS) is 22.9. The van der Waals surface area contributed by atoms with Crippen molar-refractivity contribution in [3.05, 3.63) is 58.8 Å². The van der Waals surface area contributed by atoms with Gasteiger partial charge >= 0.3 is 0 Å². The number of hydrogen-bond donors (Lipinski definition) is 0. The van der Waals surface area contributed by atoms with E-state index in [0.29, 0.717) is 5.41 Å². The molecule has 0 bridgehead atoms. The Kier molecular flexibility index (Phi) is 5.69. The van der Waals surface area contributed by atoms with Gasteiger partial charge in [-0.05, 0) is 62.1 Å². The van der Waals surface area contributed by atoms with Crippen molar-refractivity contribution in [2.75, 3.05) is 25.4 Å². The number of piperidine rings is 1. The van der Waals surface area contributed by atoms with Crippen molar-refractivity contribution in [1.82, 2.24) is 24.6 Å². The van der Waals surface area contributed by atoms with Crippen molar-refractivity contribution in [3.8, 4) is 11.4 Å². The number of aromatic nitrogens is 4. The SMILES string of the molecule is CCn1c(SCCCN2C[C@H]3CC3(c3ccc(Br)cc3)C2)nnc1-c1cccnc1. The van der Waals surface area contributed by atoms with E-state index in [0.717, 1.165) is 41.3 Å². The molecule has 2 aromatic heterocycles. The maximum atomic E-state index is 4.44. The van der Waals surface area contributed by atoms with Gasteiger partial charge in [-0.2, -0.15) is 0 Å². The molecule has 5 nitrogen and oxygen atoms in total. The standard InChI is InChI=1S/C23H26BrN5S/c1-2-29-21(17-5-3-10-25-14-17)26-27-22(29)30-12-4-11-28-15-19-13-23(19,16-28)18-6-8-20(24)9-7-18/h3,5-10,14,19H,2,4,11-13,15-16H2,1H3/t19-,23?/m1/s1. The summed E-state index contributed by atoms with van der Waals surface area (Å²) in [5, 5.41) is 9.86. The van der Waals surface area contributed by atoms with Gasteiger partial charge in [-0.25, -0.2) is 0 Å². The maximum Gasteiger partial charge on any atom is 0.191 e. The summed E-state index contributed by atoms with van der Waals surface area (Å²) in [5.41, 5.74) is 2.97. The average molecular weight is 484 g/mol. The van der Waals surface area contributed by atoms with Gasteiger partial charge in [-0.15, -0.1) is 10.2 Å². The second-order valence-electron chi connectivity index (χ2n) is 8.29. The Balaban J connectivity index is 1.14. The number of nitrogens with zero attached hydrogens (tertiary/aromatic N) is 5. The summed E-state index contributed by atoms with van der Waals surface area (Å²) < 4.78 is 3.35. The number of pyridine rings is 1. The highest BCUT2D eigenvalue weighted by Crippen LogP contribution is 2.59. The number of rotatable bonds is 8. The molecule has 0 radical (unpaired) electrons. The smallest absolute Gasteiger partial charge is 0.191 e. The van der Waals surface area contributed by atoms with Crippen LogP contribution in [0.1, 0.15) is 25.3 Å². The molecule has 1 aliphatic carbocycles. The fourth-order valence-electron chi connectivity index (χ4n) is 4.83. The Morgan fingerprint density at radius 1 is 1.20 bits per heavy atom. The first-order valence-corrected chi connectivity index (χ1v) is 12.4. The second kappa shape index (κ2) is 8.44. The van der Waals surface area contributed by atoms with Gasteiger partial charge in [-0.1, -0.05) is 39.8 Å². The van der Waals surface area contributed by atoms with Gasteiger partial charge in [0.1, 0.15) is 0 Å². The molecule has 30 heavy (non-hydrogen) atoms. The summed E-state index contributed by atoms with van der Waals surface area (Å²) in [7, 11) is 0. The van der Waals surface area contributed by atoms with Crippen molar-refractivity contribution in [2.45, 2.75) is 36.9 Å². The van der Waals surface area contributed by atoms with Gasteiger partial charge in [0.15, 0.2) is 11.0 Å². The van der Waals surface area contributed by atoms with Gasteiger partial charge in [0.05, 0.1) is 0 Å². The highest BCUT2D eigenvalue weighted by Gasteiger charge is 2.60. The molecule has 1 saturated heterocycles. The lowest BCUT2D eigenvalue weighted by atomic mass is 9.95. The predicted octanol–water partition coefficient (Wildman–Crippen LogP) is 4.88. The Bertz CT molecular complexity index is 1010. The summed E-state index contributed by atoms with van der Waals surface area (Å²) in [6.07, 6.45) is 6.17. The van der Waals surface area contributed by atoms with Crippen molar-refractivity contribution in [2.24, 2.45) is 5.92 Å². The van der Waals surface area contributed by atoms with Crippen molar-refractivity contribution >= 4 is 27.7 Å². The topological polar surface area (TPSA) is 46.8 Å². The Hall–Kier alpha value is -1.70. The molecule has 5 rings (SSSR count). The van der Waals surface area contributed by atoms with Crippen LogP contribution in [0.2, 0.25) is 0 Å². The molecule has 1 saturated carbocycles. The van der Waals surface area contributed by atoms with Crippen LogP contribution in [0.4, 0.5) is 0 Å². The third kappa shape index (κ3) is 3.83. The molecule has 2 fully saturated rings. The number of halogens is 1. The minimum absolute atomic E-state index is 0.425. The number of hydrogen-bond acceptors (Lipinski definition) is 5. The minimum Gasteiger partial charge on any atom is -0.302 e. The summed E-state index contributed by atoms with van der Waals surface area (Å²) in [6.45, 7) is 6.63. The molecule has 7 heteroatoms. The maximum absolute atomic E-state index is 4.44. The summed E-state index contributed by atoms with van der Waals surface area (Å²) in [5.74, 6) is 2.82. The van der Waals surface area contributed by atoms with Crippen LogP contribution in [-0.4, -0.2) is 50.0 Å². The number of thioether (sulfide) groups is 1. The Labute approximate surface area is 190 Å². The summed E-state index contributed by atoms with van der Waals surface area (Å²) in [4.78, 5) is 6.87. The van der Waals surface area contributed by atoms with Gasteiger partial charge in [0.25, 0.3) is 0 Å². The zero-order valence-corrected chi connectivity index (χ0v) is 19.6. The molecule has 2 aliphatic rings. The van der Waals surface area contributed by atoms with Crippen LogP contribution in [0.15, 0.2) is 58.4 Å². The van der Waals surface area contributed by atoms with E-state index in [9.17, 15) is 0 Å². The van der Waals surface area contributed by atoms with Crippen molar-refractivity contribution in [1.29, 1.82) is 0 Å². The zero-order chi connectivity index (χ0) is 20.6.